The Bertz CT molecular complexity index is 727. The number of hydrogen-bond donors (Lipinski definition) is 0. The molecule has 0 bridgehead atoms. The summed E-state index contributed by atoms with van der Waals surface area (Å²) in [6, 6.07) is 4.45. The van der Waals surface area contributed by atoms with Crippen LogP contribution >= 0.6 is 11.8 Å². The third-order valence-electron chi connectivity index (χ3n) is 2.80. The maximum absolute atomic E-state index is 12.6. The molecule has 0 aliphatic rings. The number of ketones is 1. The number of ether oxygens (including phenoxy) is 1. The first-order chi connectivity index (χ1) is 10.3. The molecule has 9 heteroatoms. The lowest BCUT2D eigenvalue weighted by atomic mass is 10.2. The molecule has 0 saturated carbocycles. The fourth-order valence-electron chi connectivity index (χ4n) is 1.77. The topological polar surface area (TPSA) is 60.7 Å². The second kappa shape index (κ2) is 5.99. The Morgan fingerprint density at radius 2 is 2.05 bits per heavy atom. The lowest BCUT2D eigenvalue weighted by Crippen LogP contribution is -2.23. The number of carbonyl (C=O) groups is 2. The molecule has 0 amide bonds. The van der Waals surface area contributed by atoms with E-state index in [1.807, 2.05) is 0 Å². The molecule has 22 heavy (non-hydrogen) atoms. The quantitative estimate of drug-likeness (QED) is 0.489. The predicted octanol–water partition coefficient (Wildman–Crippen LogP) is 2.73. The molecule has 0 N–H and O–H groups in total. The zero-order valence-electron chi connectivity index (χ0n) is 11.5. The first-order valence-corrected chi connectivity index (χ1v) is 6.96. The molecular formula is C13H11F3N2O3S. The van der Waals surface area contributed by atoms with E-state index >= 15 is 0 Å². The minimum absolute atomic E-state index is 0.0318. The van der Waals surface area contributed by atoms with Gasteiger partial charge in [-0.2, -0.15) is 13.2 Å². The Kier molecular flexibility index (Phi) is 4.45. The minimum Gasteiger partial charge on any atom is -0.468 e. The highest BCUT2D eigenvalue weighted by atomic mass is 32.2. The maximum atomic E-state index is 12.6. The van der Waals surface area contributed by atoms with Crippen LogP contribution in [0.4, 0.5) is 13.2 Å². The largest absolute Gasteiger partial charge is 0.468 e. The summed E-state index contributed by atoms with van der Waals surface area (Å²) >= 11 is 0.912. The van der Waals surface area contributed by atoms with E-state index in [0.29, 0.717) is 0 Å². The third kappa shape index (κ3) is 3.08. The standard InChI is InChI=1S/C13H11F3N2O3S/c1-7(11(20)21-2)22-12-17-9(10(19)13(14,15)16)8-5-3-4-6-18(8)12/h3-7H,1-2H3. The van der Waals surface area contributed by atoms with E-state index in [2.05, 4.69) is 9.72 Å². The van der Waals surface area contributed by atoms with Crippen molar-refractivity contribution in [3.63, 3.8) is 0 Å². The van der Waals surface area contributed by atoms with E-state index in [4.69, 9.17) is 0 Å². The SMILES string of the molecule is COC(=O)C(C)Sc1nc(C(=O)C(F)(F)F)c2ccccn12. The molecule has 2 heterocycles. The van der Waals surface area contributed by atoms with E-state index in [-0.39, 0.29) is 10.7 Å². The number of thioether (sulfide) groups is 1. The first-order valence-electron chi connectivity index (χ1n) is 6.08. The van der Waals surface area contributed by atoms with Gasteiger partial charge in [0.1, 0.15) is 10.9 Å². The van der Waals surface area contributed by atoms with E-state index in [1.165, 1.54) is 36.8 Å². The van der Waals surface area contributed by atoms with Crippen molar-refractivity contribution in [3.8, 4) is 0 Å². The highest BCUT2D eigenvalue weighted by molar-refractivity contribution is 8.00. The van der Waals surface area contributed by atoms with E-state index in [0.717, 1.165) is 11.8 Å². The van der Waals surface area contributed by atoms with Crippen LogP contribution in [0.15, 0.2) is 29.6 Å². The number of halogens is 3. The lowest BCUT2D eigenvalue weighted by Gasteiger charge is -2.07. The molecule has 0 radical (unpaired) electrons. The van der Waals surface area contributed by atoms with Gasteiger partial charge in [0.25, 0.3) is 5.78 Å². The van der Waals surface area contributed by atoms with Crippen molar-refractivity contribution < 1.29 is 27.5 Å². The number of Topliss-reactive ketones (excluding diaryl/α,β-unsaturated/α-hetero) is 1. The normalized spacial score (nSPS) is 13.1. The molecule has 2 aromatic heterocycles. The molecule has 0 spiro atoms. The molecular weight excluding hydrogens is 321 g/mol. The van der Waals surface area contributed by atoms with Gasteiger partial charge in [-0.1, -0.05) is 17.8 Å². The number of carbonyl (C=O) groups excluding carboxylic acids is 2. The second-order valence-corrected chi connectivity index (χ2v) is 5.62. The summed E-state index contributed by atoms with van der Waals surface area (Å²) < 4.78 is 43.8. The average molecular weight is 332 g/mol. The summed E-state index contributed by atoms with van der Waals surface area (Å²) in [5.74, 6) is -2.56. The number of methoxy groups -OCH3 is 1. The van der Waals surface area contributed by atoms with E-state index in [1.54, 1.807) is 6.07 Å². The summed E-state index contributed by atoms with van der Waals surface area (Å²) in [4.78, 5) is 26.7. The Morgan fingerprint density at radius 3 is 2.64 bits per heavy atom. The molecule has 0 aliphatic carbocycles. The number of fused-ring (bicyclic) bond motifs is 1. The maximum Gasteiger partial charge on any atom is 0.456 e. The van der Waals surface area contributed by atoms with Gasteiger partial charge in [0.15, 0.2) is 5.16 Å². The number of imidazole rings is 1. The zero-order chi connectivity index (χ0) is 16.5. The number of hydrogen-bond acceptors (Lipinski definition) is 5. The number of pyridine rings is 1. The summed E-state index contributed by atoms with van der Waals surface area (Å²) in [6.45, 7) is 1.53. The lowest BCUT2D eigenvalue weighted by molar-refractivity contribution is -0.139. The van der Waals surface area contributed by atoms with Crippen LogP contribution in [0.2, 0.25) is 0 Å². The number of alkyl halides is 3. The van der Waals surface area contributed by atoms with Gasteiger partial charge < -0.3 is 4.74 Å². The van der Waals surface area contributed by atoms with Crippen LogP contribution in [-0.4, -0.2) is 39.7 Å². The number of rotatable bonds is 4. The molecule has 1 atom stereocenters. The number of esters is 1. The molecule has 118 valence electrons. The van der Waals surface area contributed by atoms with Crippen molar-refractivity contribution >= 4 is 29.0 Å². The molecule has 0 aliphatic heterocycles. The molecule has 5 nitrogen and oxygen atoms in total. The fraction of sp³-hybridized carbons (Fsp3) is 0.308. The van der Waals surface area contributed by atoms with Gasteiger partial charge in [0, 0.05) is 6.20 Å². The smallest absolute Gasteiger partial charge is 0.456 e. The fourth-order valence-corrected chi connectivity index (χ4v) is 2.69. The summed E-state index contributed by atoms with van der Waals surface area (Å²) in [5.41, 5.74) is -0.656. The average Bonchev–Trinajstić information content (AvgIpc) is 2.83. The van der Waals surface area contributed by atoms with Crippen molar-refractivity contribution in [2.75, 3.05) is 7.11 Å². The Balaban J connectivity index is 2.49. The van der Waals surface area contributed by atoms with Crippen LogP contribution < -0.4 is 0 Å². The predicted molar refractivity (Wildman–Crippen MR) is 72.9 cm³/mol. The van der Waals surface area contributed by atoms with Gasteiger partial charge in [0.2, 0.25) is 0 Å². The highest BCUT2D eigenvalue weighted by Gasteiger charge is 2.42. The van der Waals surface area contributed by atoms with Crippen molar-refractivity contribution in [2.24, 2.45) is 0 Å². The van der Waals surface area contributed by atoms with Gasteiger partial charge >= 0.3 is 12.1 Å². The molecule has 0 saturated heterocycles. The van der Waals surface area contributed by atoms with Crippen molar-refractivity contribution in [3.05, 3.63) is 30.1 Å². The van der Waals surface area contributed by atoms with Crippen LogP contribution in [0.25, 0.3) is 5.52 Å². The Morgan fingerprint density at radius 1 is 1.36 bits per heavy atom. The molecule has 0 aromatic carbocycles. The van der Waals surface area contributed by atoms with Gasteiger partial charge in [0.05, 0.1) is 12.6 Å². The Hall–Kier alpha value is -2.03. The third-order valence-corrected chi connectivity index (χ3v) is 3.85. The summed E-state index contributed by atoms with van der Waals surface area (Å²) in [7, 11) is 1.21. The van der Waals surface area contributed by atoms with Gasteiger partial charge in [-0.15, -0.1) is 0 Å². The van der Waals surface area contributed by atoms with E-state index < -0.39 is 28.9 Å². The summed E-state index contributed by atoms with van der Waals surface area (Å²) in [6.07, 6.45) is -3.54. The van der Waals surface area contributed by atoms with Crippen molar-refractivity contribution in [1.82, 2.24) is 9.38 Å². The number of aromatic nitrogens is 2. The number of nitrogens with zero attached hydrogens (tertiary/aromatic N) is 2. The van der Waals surface area contributed by atoms with Crippen LogP contribution in [0, 0.1) is 0 Å². The Labute approximate surface area is 127 Å². The van der Waals surface area contributed by atoms with Crippen molar-refractivity contribution in [2.45, 2.75) is 23.5 Å². The van der Waals surface area contributed by atoms with Crippen LogP contribution in [0.5, 0.6) is 0 Å². The molecule has 2 rings (SSSR count). The van der Waals surface area contributed by atoms with Crippen molar-refractivity contribution in [1.29, 1.82) is 0 Å². The van der Waals surface area contributed by atoms with Gasteiger partial charge in [-0.3, -0.25) is 14.0 Å². The van der Waals surface area contributed by atoms with Gasteiger partial charge in [-0.25, -0.2) is 4.98 Å². The summed E-state index contributed by atoms with van der Waals surface area (Å²) in [5, 5.41) is -0.564. The zero-order valence-corrected chi connectivity index (χ0v) is 12.4. The van der Waals surface area contributed by atoms with Crippen LogP contribution in [0.1, 0.15) is 17.4 Å². The van der Waals surface area contributed by atoms with Crippen LogP contribution in [-0.2, 0) is 9.53 Å². The van der Waals surface area contributed by atoms with Crippen LogP contribution in [0.3, 0.4) is 0 Å². The monoisotopic (exact) mass is 332 g/mol. The second-order valence-electron chi connectivity index (χ2n) is 4.31. The molecule has 2 aromatic rings. The minimum atomic E-state index is -5.01. The highest BCUT2D eigenvalue weighted by Crippen LogP contribution is 2.29. The first kappa shape index (κ1) is 16.3. The molecule has 1 unspecified atom stereocenters. The van der Waals surface area contributed by atoms with E-state index in [9.17, 15) is 22.8 Å². The molecule has 0 fully saturated rings. The van der Waals surface area contributed by atoms with Gasteiger partial charge in [-0.05, 0) is 19.1 Å².